The van der Waals surface area contributed by atoms with Crippen LogP contribution in [-0.2, 0) is 4.79 Å². The molecule has 1 saturated carbocycles. The first-order valence-corrected chi connectivity index (χ1v) is 6.65. The molecule has 92 valence electrons. The van der Waals surface area contributed by atoms with Crippen LogP contribution in [0.1, 0.15) is 51.9 Å². The smallest absolute Gasteiger partial charge is 0.320 e. The first-order chi connectivity index (χ1) is 7.66. The van der Waals surface area contributed by atoms with Gasteiger partial charge in [0.05, 0.1) is 0 Å². The van der Waals surface area contributed by atoms with Crippen molar-refractivity contribution in [3.8, 4) is 0 Å². The van der Waals surface area contributed by atoms with Crippen LogP contribution in [-0.4, -0.2) is 23.2 Å². The molecule has 0 aromatic heterocycles. The molecule has 1 saturated heterocycles. The van der Waals surface area contributed by atoms with Crippen LogP contribution in [0.4, 0.5) is 0 Å². The van der Waals surface area contributed by atoms with E-state index in [0.29, 0.717) is 6.04 Å². The van der Waals surface area contributed by atoms with Gasteiger partial charge in [-0.05, 0) is 43.9 Å². The van der Waals surface area contributed by atoms with E-state index in [4.69, 9.17) is 5.11 Å². The summed E-state index contributed by atoms with van der Waals surface area (Å²) in [5.41, 5.74) is 0. The predicted molar refractivity (Wildman–Crippen MR) is 63.3 cm³/mol. The molecule has 2 N–H and O–H groups in total. The van der Waals surface area contributed by atoms with Crippen molar-refractivity contribution < 1.29 is 9.90 Å². The second-order valence-corrected chi connectivity index (χ2v) is 5.61. The molecular formula is C13H23NO2. The summed E-state index contributed by atoms with van der Waals surface area (Å²) >= 11 is 0. The lowest BCUT2D eigenvalue weighted by Crippen LogP contribution is -2.50. The quantitative estimate of drug-likeness (QED) is 0.758. The molecule has 1 aliphatic heterocycles. The highest BCUT2D eigenvalue weighted by atomic mass is 16.4. The Hall–Kier alpha value is -0.570. The molecule has 2 fully saturated rings. The van der Waals surface area contributed by atoms with E-state index < -0.39 is 5.97 Å². The summed E-state index contributed by atoms with van der Waals surface area (Å²) in [6.07, 6.45) is 8.25. The summed E-state index contributed by atoms with van der Waals surface area (Å²) in [4.78, 5) is 11.0. The maximum Gasteiger partial charge on any atom is 0.320 e. The molecule has 0 aromatic carbocycles. The fraction of sp³-hybridized carbons (Fsp3) is 0.923. The van der Waals surface area contributed by atoms with Crippen molar-refractivity contribution >= 4 is 5.97 Å². The van der Waals surface area contributed by atoms with Crippen LogP contribution >= 0.6 is 0 Å². The first-order valence-electron chi connectivity index (χ1n) is 6.65. The van der Waals surface area contributed by atoms with E-state index >= 15 is 0 Å². The molecular weight excluding hydrogens is 202 g/mol. The zero-order chi connectivity index (χ0) is 11.5. The Bertz CT molecular complexity index is 246. The molecule has 1 heterocycles. The van der Waals surface area contributed by atoms with Gasteiger partial charge in [0, 0.05) is 6.04 Å². The molecule has 16 heavy (non-hydrogen) atoms. The normalized spacial score (nSPS) is 40.6. The van der Waals surface area contributed by atoms with Crippen LogP contribution in [0, 0.1) is 11.8 Å². The Balaban J connectivity index is 1.87. The second kappa shape index (κ2) is 5.17. The molecule has 3 nitrogen and oxygen atoms in total. The van der Waals surface area contributed by atoms with Crippen LogP contribution in [0.3, 0.4) is 0 Å². The number of rotatable bonds is 2. The van der Waals surface area contributed by atoms with Crippen molar-refractivity contribution in [2.45, 2.75) is 64.0 Å². The zero-order valence-electron chi connectivity index (χ0n) is 10.1. The van der Waals surface area contributed by atoms with Crippen molar-refractivity contribution in [3.63, 3.8) is 0 Å². The van der Waals surface area contributed by atoms with Gasteiger partial charge in [-0.2, -0.15) is 0 Å². The zero-order valence-corrected chi connectivity index (χ0v) is 10.1. The van der Waals surface area contributed by atoms with Gasteiger partial charge in [0.25, 0.3) is 0 Å². The lowest BCUT2D eigenvalue weighted by Gasteiger charge is -2.37. The molecule has 0 amide bonds. The molecule has 2 rings (SSSR count). The molecule has 0 bridgehead atoms. The van der Waals surface area contributed by atoms with Crippen LogP contribution in [0.5, 0.6) is 0 Å². The van der Waals surface area contributed by atoms with E-state index in [-0.39, 0.29) is 6.04 Å². The van der Waals surface area contributed by atoms with Gasteiger partial charge in [-0.1, -0.05) is 19.8 Å². The Morgan fingerprint density at radius 2 is 1.81 bits per heavy atom. The van der Waals surface area contributed by atoms with E-state index in [2.05, 4.69) is 12.2 Å². The number of nitrogens with one attached hydrogen (secondary N) is 1. The van der Waals surface area contributed by atoms with Gasteiger partial charge in [0.2, 0.25) is 0 Å². The van der Waals surface area contributed by atoms with Crippen molar-refractivity contribution in [1.29, 1.82) is 0 Å². The SMILES string of the molecule is CC1CCC(C2CCCC(C(=O)O)N2)CC1. The molecule has 2 unspecified atom stereocenters. The van der Waals surface area contributed by atoms with Gasteiger partial charge in [0.1, 0.15) is 6.04 Å². The molecule has 0 spiro atoms. The van der Waals surface area contributed by atoms with Gasteiger partial charge in [-0.3, -0.25) is 4.79 Å². The topological polar surface area (TPSA) is 49.3 Å². The van der Waals surface area contributed by atoms with Crippen molar-refractivity contribution in [2.75, 3.05) is 0 Å². The van der Waals surface area contributed by atoms with Gasteiger partial charge in [-0.25, -0.2) is 0 Å². The Morgan fingerprint density at radius 1 is 1.12 bits per heavy atom. The Kier molecular flexibility index (Phi) is 3.85. The minimum Gasteiger partial charge on any atom is -0.480 e. The van der Waals surface area contributed by atoms with Gasteiger partial charge in [-0.15, -0.1) is 0 Å². The maximum atomic E-state index is 11.0. The average Bonchev–Trinajstić information content (AvgIpc) is 2.30. The second-order valence-electron chi connectivity index (χ2n) is 5.61. The van der Waals surface area contributed by atoms with Crippen LogP contribution in [0.2, 0.25) is 0 Å². The molecule has 0 radical (unpaired) electrons. The predicted octanol–water partition coefficient (Wildman–Crippen LogP) is 2.41. The summed E-state index contributed by atoms with van der Waals surface area (Å²) in [5, 5.41) is 12.4. The van der Waals surface area contributed by atoms with Crippen molar-refractivity contribution in [3.05, 3.63) is 0 Å². The van der Waals surface area contributed by atoms with Gasteiger partial charge >= 0.3 is 5.97 Å². The fourth-order valence-electron chi connectivity index (χ4n) is 3.22. The number of hydrogen-bond acceptors (Lipinski definition) is 2. The standard InChI is InChI=1S/C13H23NO2/c1-9-5-7-10(8-6-9)11-3-2-4-12(14-11)13(15)16/h9-12,14H,2-8H2,1H3,(H,15,16). The first kappa shape index (κ1) is 11.9. The third-order valence-corrected chi connectivity index (χ3v) is 4.35. The third kappa shape index (κ3) is 2.76. The summed E-state index contributed by atoms with van der Waals surface area (Å²) in [6, 6.07) is 0.167. The summed E-state index contributed by atoms with van der Waals surface area (Å²) in [7, 11) is 0. The minimum absolute atomic E-state index is 0.293. The number of piperidine rings is 1. The lowest BCUT2D eigenvalue weighted by molar-refractivity contribution is -0.140. The van der Waals surface area contributed by atoms with Crippen molar-refractivity contribution in [2.24, 2.45) is 11.8 Å². The fourth-order valence-corrected chi connectivity index (χ4v) is 3.22. The molecule has 2 atom stereocenters. The average molecular weight is 225 g/mol. The largest absolute Gasteiger partial charge is 0.480 e. The van der Waals surface area contributed by atoms with Crippen LogP contribution in [0.15, 0.2) is 0 Å². The van der Waals surface area contributed by atoms with E-state index in [9.17, 15) is 4.79 Å². The number of carbonyl (C=O) groups is 1. The highest BCUT2D eigenvalue weighted by molar-refractivity contribution is 5.73. The van der Waals surface area contributed by atoms with Crippen LogP contribution < -0.4 is 5.32 Å². The Morgan fingerprint density at radius 3 is 2.44 bits per heavy atom. The molecule has 0 aromatic rings. The number of aliphatic carboxylic acids is 1. The van der Waals surface area contributed by atoms with E-state index in [0.717, 1.165) is 24.7 Å². The van der Waals surface area contributed by atoms with E-state index in [1.165, 1.54) is 32.1 Å². The van der Waals surface area contributed by atoms with Crippen molar-refractivity contribution in [1.82, 2.24) is 5.32 Å². The Labute approximate surface area is 97.6 Å². The highest BCUT2D eigenvalue weighted by Crippen LogP contribution is 2.33. The monoisotopic (exact) mass is 225 g/mol. The number of carboxylic acids is 1. The van der Waals surface area contributed by atoms with Gasteiger partial charge < -0.3 is 10.4 Å². The van der Waals surface area contributed by atoms with Gasteiger partial charge in [0.15, 0.2) is 0 Å². The van der Waals surface area contributed by atoms with Crippen LogP contribution in [0.25, 0.3) is 0 Å². The molecule has 1 aliphatic carbocycles. The number of hydrogen-bond donors (Lipinski definition) is 2. The van der Waals surface area contributed by atoms with E-state index in [1.807, 2.05) is 0 Å². The number of carboxylic acid groups (broad SMARTS) is 1. The molecule has 3 heteroatoms. The molecule has 2 aliphatic rings. The maximum absolute atomic E-state index is 11.0. The lowest BCUT2D eigenvalue weighted by atomic mass is 9.76. The minimum atomic E-state index is -0.672. The van der Waals surface area contributed by atoms with E-state index in [1.54, 1.807) is 0 Å². The summed E-state index contributed by atoms with van der Waals surface area (Å²) in [6.45, 7) is 2.32. The summed E-state index contributed by atoms with van der Waals surface area (Å²) < 4.78 is 0. The third-order valence-electron chi connectivity index (χ3n) is 4.35. The highest BCUT2D eigenvalue weighted by Gasteiger charge is 2.32. The summed E-state index contributed by atoms with van der Waals surface area (Å²) in [5.74, 6) is 0.919.